The molecule has 0 saturated carbocycles. The van der Waals surface area contributed by atoms with Crippen molar-refractivity contribution in [1.82, 2.24) is 5.32 Å². The molecule has 0 radical (unpaired) electrons. The van der Waals surface area contributed by atoms with E-state index in [1.165, 1.54) is 0 Å². The van der Waals surface area contributed by atoms with Crippen LogP contribution < -0.4 is 10.2 Å². The lowest BCUT2D eigenvalue weighted by atomic mass is 10.1. The highest BCUT2D eigenvalue weighted by molar-refractivity contribution is 5.95. The molecule has 2 amide bonds. The Morgan fingerprint density at radius 3 is 2.59 bits per heavy atom. The van der Waals surface area contributed by atoms with Crippen LogP contribution in [0.15, 0.2) is 42.5 Å². The molecular weight excluding hydrogens is 364 g/mol. The van der Waals surface area contributed by atoms with E-state index in [2.05, 4.69) is 5.32 Å². The molecule has 0 atom stereocenters. The molecule has 2 aromatic carbocycles. The van der Waals surface area contributed by atoms with Gasteiger partial charge in [-0.3, -0.25) is 9.59 Å². The average Bonchev–Trinajstić information content (AvgIpc) is 3.05. The molecule has 1 fully saturated rings. The third-order valence-electron chi connectivity index (χ3n) is 4.28. The van der Waals surface area contributed by atoms with Crippen molar-refractivity contribution in [1.29, 1.82) is 0 Å². The molecular formula is C19H16F4N2O2. The molecule has 3 rings (SSSR count). The Morgan fingerprint density at radius 1 is 1.15 bits per heavy atom. The van der Waals surface area contributed by atoms with E-state index in [9.17, 15) is 27.2 Å². The van der Waals surface area contributed by atoms with E-state index < -0.39 is 23.5 Å². The van der Waals surface area contributed by atoms with Gasteiger partial charge in [-0.1, -0.05) is 12.1 Å². The average molecular weight is 380 g/mol. The molecule has 0 aromatic heterocycles. The maximum Gasteiger partial charge on any atom is 0.419 e. The van der Waals surface area contributed by atoms with Gasteiger partial charge >= 0.3 is 6.18 Å². The van der Waals surface area contributed by atoms with Gasteiger partial charge in [0.15, 0.2) is 0 Å². The molecule has 1 saturated heterocycles. The smallest absolute Gasteiger partial charge is 0.348 e. The molecule has 0 spiro atoms. The van der Waals surface area contributed by atoms with Crippen LogP contribution in [0.4, 0.5) is 23.2 Å². The minimum Gasteiger partial charge on any atom is -0.348 e. The van der Waals surface area contributed by atoms with Gasteiger partial charge in [0.1, 0.15) is 5.82 Å². The number of nitrogens with one attached hydrogen (secondary N) is 1. The summed E-state index contributed by atoms with van der Waals surface area (Å²) in [4.78, 5) is 25.6. The van der Waals surface area contributed by atoms with Crippen LogP contribution in [0.2, 0.25) is 0 Å². The fourth-order valence-electron chi connectivity index (χ4n) is 2.92. The Labute approximate surface area is 152 Å². The van der Waals surface area contributed by atoms with Crippen molar-refractivity contribution in [2.75, 3.05) is 11.4 Å². The molecule has 2 aromatic rings. The molecule has 1 aliphatic heterocycles. The van der Waals surface area contributed by atoms with Crippen LogP contribution in [0.25, 0.3) is 0 Å². The molecule has 1 aliphatic rings. The molecule has 27 heavy (non-hydrogen) atoms. The SMILES string of the molecule is O=C(NCc1cccc(N2CCCC2=O)c1)c1ccc(F)c(C(F)(F)F)c1. The van der Waals surface area contributed by atoms with Crippen LogP contribution >= 0.6 is 0 Å². The van der Waals surface area contributed by atoms with Gasteiger partial charge in [0, 0.05) is 30.8 Å². The first kappa shape index (κ1) is 18.9. The predicted octanol–water partition coefficient (Wildman–Crippen LogP) is 3.90. The highest BCUT2D eigenvalue weighted by Crippen LogP contribution is 2.32. The van der Waals surface area contributed by atoms with Crippen molar-refractivity contribution in [3.05, 3.63) is 65.0 Å². The largest absolute Gasteiger partial charge is 0.419 e. The Kier molecular flexibility index (Phi) is 5.16. The first-order valence-electron chi connectivity index (χ1n) is 8.30. The van der Waals surface area contributed by atoms with Crippen LogP contribution in [0.5, 0.6) is 0 Å². The van der Waals surface area contributed by atoms with E-state index >= 15 is 0 Å². The van der Waals surface area contributed by atoms with Crippen LogP contribution in [0, 0.1) is 5.82 Å². The normalized spacial score (nSPS) is 14.5. The highest BCUT2D eigenvalue weighted by Gasteiger charge is 2.34. The summed E-state index contributed by atoms with van der Waals surface area (Å²) in [5.74, 6) is -2.15. The van der Waals surface area contributed by atoms with Gasteiger partial charge in [-0.25, -0.2) is 4.39 Å². The fraction of sp³-hybridized carbons (Fsp3) is 0.263. The Morgan fingerprint density at radius 2 is 1.93 bits per heavy atom. The molecule has 142 valence electrons. The van der Waals surface area contributed by atoms with Crippen molar-refractivity contribution in [3.8, 4) is 0 Å². The minimum absolute atomic E-state index is 0.0298. The molecule has 0 aliphatic carbocycles. The first-order valence-corrected chi connectivity index (χ1v) is 8.30. The number of anilines is 1. The van der Waals surface area contributed by atoms with E-state index in [-0.39, 0.29) is 18.0 Å². The van der Waals surface area contributed by atoms with Crippen molar-refractivity contribution >= 4 is 17.5 Å². The maximum atomic E-state index is 13.3. The molecule has 8 heteroatoms. The van der Waals surface area contributed by atoms with Crippen LogP contribution in [0.1, 0.15) is 34.3 Å². The number of benzene rings is 2. The number of hydrogen-bond acceptors (Lipinski definition) is 2. The standard InChI is InChI=1S/C19H16F4N2O2/c20-16-7-6-13(10-15(16)19(21,22)23)18(27)24-11-12-3-1-4-14(9-12)25-8-2-5-17(25)26/h1,3-4,6-7,9-10H,2,5,8,11H2,(H,24,27). The lowest BCUT2D eigenvalue weighted by Crippen LogP contribution is -2.25. The van der Waals surface area contributed by atoms with Gasteiger partial charge in [-0.2, -0.15) is 13.2 Å². The van der Waals surface area contributed by atoms with Crippen LogP contribution in [-0.4, -0.2) is 18.4 Å². The zero-order chi connectivity index (χ0) is 19.6. The van der Waals surface area contributed by atoms with E-state index in [0.29, 0.717) is 36.3 Å². The number of halogens is 4. The number of alkyl halides is 3. The van der Waals surface area contributed by atoms with E-state index in [4.69, 9.17) is 0 Å². The number of rotatable bonds is 4. The monoisotopic (exact) mass is 380 g/mol. The summed E-state index contributed by atoms with van der Waals surface area (Å²) in [6.07, 6.45) is -3.60. The van der Waals surface area contributed by atoms with Crippen molar-refractivity contribution in [3.63, 3.8) is 0 Å². The summed E-state index contributed by atoms with van der Waals surface area (Å²) in [7, 11) is 0. The summed E-state index contributed by atoms with van der Waals surface area (Å²) in [5, 5.41) is 2.51. The summed E-state index contributed by atoms with van der Waals surface area (Å²) < 4.78 is 51.6. The second-order valence-electron chi connectivity index (χ2n) is 6.19. The summed E-state index contributed by atoms with van der Waals surface area (Å²) in [6.45, 7) is 0.692. The van der Waals surface area contributed by atoms with E-state index in [1.807, 2.05) is 0 Å². The zero-order valence-electron chi connectivity index (χ0n) is 14.1. The van der Waals surface area contributed by atoms with Gasteiger partial charge in [0.05, 0.1) is 5.56 Å². The number of carbonyl (C=O) groups excluding carboxylic acids is 2. The number of hydrogen-bond donors (Lipinski definition) is 1. The van der Waals surface area contributed by atoms with Crippen molar-refractivity contribution in [2.24, 2.45) is 0 Å². The molecule has 1 N–H and O–H groups in total. The summed E-state index contributed by atoms with van der Waals surface area (Å²) in [5.41, 5.74) is -0.358. The minimum atomic E-state index is -4.88. The molecule has 0 unspecified atom stereocenters. The first-order chi connectivity index (χ1) is 12.8. The van der Waals surface area contributed by atoms with Gasteiger partial charge < -0.3 is 10.2 Å². The number of nitrogens with zero attached hydrogens (tertiary/aromatic N) is 1. The Hall–Kier alpha value is -2.90. The van der Waals surface area contributed by atoms with E-state index in [1.54, 1.807) is 29.2 Å². The van der Waals surface area contributed by atoms with Gasteiger partial charge in [0.25, 0.3) is 5.91 Å². The molecule has 0 bridgehead atoms. The Bertz CT molecular complexity index is 880. The highest BCUT2D eigenvalue weighted by atomic mass is 19.4. The second kappa shape index (κ2) is 7.38. The quantitative estimate of drug-likeness (QED) is 0.818. The van der Waals surface area contributed by atoms with Gasteiger partial charge in [-0.05, 0) is 42.3 Å². The lowest BCUT2D eigenvalue weighted by molar-refractivity contribution is -0.140. The topological polar surface area (TPSA) is 49.4 Å². The lowest BCUT2D eigenvalue weighted by Gasteiger charge is -2.16. The summed E-state index contributed by atoms with van der Waals surface area (Å²) >= 11 is 0. The molecule has 1 heterocycles. The maximum absolute atomic E-state index is 13.3. The second-order valence-corrected chi connectivity index (χ2v) is 6.19. The third kappa shape index (κ3) is 4.27. The number of amides is 2. The molecule has 4 nitrogen and oxygen atoms in total. The Balaban J connectivity index is 1.70. The van der Waals surface area contributed by atoms with Crippen LogP contribution in [-0.2, 0) is 17.5 Å². The van der Waals surface area contributed by atoms with Crippen LogP contribution in [0.3, 0.4) is 0 Å². The van der Waals surface area contributed by atoms with E-state index in [0.717, 1.165) is 12.5 Å². The van der Waals surface area contributed by atoms with Gasteiger partial charge in [0.2, 0.25) is 5.91 Å². The van der Waals surface area contributed by atoms with Gasteiger partial charge in [-0.15, -0.1) is 0 Å². The van der Waals surface area contributed by atoms with Crippen molar-refractivity contribution < 1.29 is 27.2 Å². The zero-order valence-corrected chi connectivity index (χ0v) is 14.1. The number of carbonyl (C=O) groups is 2. The third-order valence-corrected chi connectivity index (χ3v) is 4.28. The van der Waals surface area contributed by atoms with Crippen molar-refractivity contribution in [2.45, 2.75) is 25.6 Å². The summed E-state index contributed by atoms with van der Waals surface area (Å²) in [6, 6.07) is 9.11. The fourth-order valence-corrected chi connectivity index (χ4v) is 2.92. The predicted molar refractivity (Wildman–Crippen MR) is 90.6 cm³/mol.